The summed E-state index contributed by atoms with van der Waals surface area (Å²) in [7, 11) is 1.29. The normalized spacial score (nSPS) is 16.1. The number of carboxylic acids is 1. The fraction of sp³-hybridized carbons (Fsp3) is 0.138. The second kappa shape index (κ2) is 10.0. The van der Waals surface area contributed by atoms with Crippen molar-refractivity contribution in [2.75, 3.05) is 7.11 Å². The number of carbonyl (C=O) groups is 3. The van der Waals surface area contributed by atoms with E-state index < -0.39 is 17.9 Å². The monoisotopic (exact) mass is 549 g/mol. The minimum atomic E-state index is -1.02. The molecule has 1 atom stereocenters. The first-order chi connectivity index (χ1) is 18.2. The van der Waals surface area contributed by atoms with Crippen LogP contribution in [0.4, 0.5) is 0 Å². The largest absolute Gasteiger partial charge is 0.486 e. The van der Waals surface area contributed by atoms with E-state index in [0.717, 1.165) is 11.1 Å². The molecule has 0 amide bonds. The fourth-order valence-electron chi connectivity index (χ4n) is 4.83. The molecule has 0 aromatic heterocycles. The molecule has 7 nitrogen and oxygen atoms in total. The highest BCUT2D eigenvalue weighted by atomic mass is 35.5. The minimum Gasteiger partial charge on any atom is -0.486 e. The number of aromatic carboxylic acids is 1. The molecule has 38 heavy (non-hydrogen) atoms. The van der Waals surface area contributed by atoms with Crippen molar-refractivity contribution in [2.24, 2.45) is 0 Å². The SMILES string of the molecule is COC(=O)C1=C(C)NC2=C(C(=O)c3ccccc32)[C@H]1c1cc(Cl)c(OCc2ccc(C(=O)O)cc2)c(Cl)c1. The summed E-state index contributed by atoms with van der Waals surface area (Å²) in [5, 5.41) is 12.7. The lowest BCUT2D eigenvalue weighted by molar-refractivity contribution is -0.136. The van der Waals surface area contributed by atoms with Crippen LogP contribution in [0.3, 0.4) is 0 Å². The molecule has 0 unspecified atom stereocenters. The van der Waals surface area contributed by atoms with E-state index >= 15 is 0 Å². The van der Waals surface area contributed by atoms with Crippen molar-refractivity contribution in [3.8, 4) is 5.75 Å². The van der Waals surface area contributed by atoms with Gasteiger partial charge in [0, 0.05) is 28.3 Å². The number of carboxylic acid groups (broad SMARTS) is 1. The van der Waals surface area contributed by atoms with Crippen LogP contribution >= 0.6 is 23.2 Å². The Morgan fingerprint density at radius 1 is 1.00 bits per heavy atom. The lowest BCUT2D eigenvalue weighted by atomic mass is 9.80. The number of benzene rings is 3. The van der Waals surface area contributed by atoms with E-state index in [4.69, 9.17) is 37.8 Å². The molecule has 0 fully saturated rings. The molecule has 192 valence electrons. The zero-order valence-electron chi connectivity index (χ0n) is 20.3. The van der Waals surface area contributed by atoms with Gasteiger partial charge in [0.2, 0.25) is 0 Å². The number of esters is 1. The summed E-state index contributed by atoms with van der Waals surface area (Å²) in [5.41, 5.74) is 4.61. The van der Waals surface area contributed by atoms with Crippen LogP contribution in [0, 0.1) is 0 Å². The molecular formula is C29H21Cl2NO6. The second-order valence-corrected chi connectivity index (χ2v) is 9.67. The predicted molar refractivity (Wildman–Crippen MR) is 142 cm³/mol. The molecular weight excluding hydrogens is 529 g/mol. The van der Waals surface area contributed by atoms with Crippen LogP contribution in [0.5, 0.6) is 5.75 Å². The third kappa shape index (κ3) is 4.34. The minimum absolute atomic E-state index is 0.0988. The number of hydrogen-bond acceptors (Lipinski definition) is 6. The molecule has 5 rings (SSSR count). The number of rotatable bonds is 6. The van der Waals surface area contributed by atoms with E-state index in [1.165, 1.54) is 19.2 Å². The average Bonchev–Trinajstić information content (AvgIpc) is 3.18. The van der Waals surface area contributed by atoms with Gasteiger partial charge in [-0.3, -0.25) is 4.79 Å². The van der Waals surface area contributed by atoms with E-state index in [-0.39, 0.29) is 39.3 Å². The first kappa shape index (κ1) is 25.6. The Balaban J connectivity index is 1.53. The van der Waals surface area contributed by atoms with E-state index in [1.807, 2.05) is 12.1 Å². The third-order valence-electron chi connectivity index (χ3n) is 6.59. The molecule has 0 radical (unpaired) electrons. The lowest BCUT2D eigenvalue weighted by Gasteiger charge is -2.29. The van der Waals surface area contributed by atoms with Gasteiger partial charge in [0.1, 0.15) is 6.61 Å². The number of Topliss-reactive ketones (excluding diaryl/α,β-unsaturated/α-hetero) is 1. The summed E-state index contributed by atoms with van der Waals surface area (Å²) in [6.07, 6.45) is 0. The number of fused-ring (bicyclic) bond motifs is 2. The number of halogens is 2. The maximum atomic E-state index is 13.5. The van der Waals surface area contributed by atoms with Gasteiger partial charge in [0.25, 0.3) is 0 Å². The number of ketones is 1. The Morgan fingerprint density at radius 2 is 1.63 bits per heavy atom. The van der Waals surface area contributed by atoms with Gasteiger partial charge in [0.15, 0.2) is 11.5 Å². The average molecular weight is 550 g/mol. The maximum absolute atomic E-state index is 13.5. The highest BCUT2D eigenvalue weighted by molar-refractivity contribution is 6.37. The van der Waals surface area contributed by atoms with Gasteiger partial charge < -0.3 is 19.9 Å². The maximum Gasteiger partial charge on any atom is 0.336 e. The van der Waals surface area contributed by atoms with Gasteiger partial charge in [-0.25, -0.2) is 9.59 Å². The molecule has 0 spiro atoms. The Morgan fingerprint density at radius 3 is 2.24 bits per heavy atom. The van der Waals surface area contributed by atoms with Crippen LogP contribution < -0.4 is 10.1 Å². The van der Waals surface area contributed by atoms with Crippen molar-refractivity contribution in [1.29, 1.82) is 0 Å². The highest BCUT2D eigenvalue weighted by Crippen LogP contribution is 2.48. The Kier molecular flexibility index (Phi) is 6.73. The van der Waals surface area contributed by atoms with E-state index in [9.17, 15) is 14.4 Å². The number of methoxy groups -OCH3 is 1. The standard InChI is InChI=1S/C29H21Cl2NO6/c1-14-22(29(36)37-2)23(24-25(32-14)18-5-3-4-6-19(18)26(24)33)17-11-20(30)27(21(31)12-17)38-13-15-7-9-16(10-8-15)28(34)35/h3-12,23,32H,13H2,1-2H3,(H,34,35)/t23-/m0/s1. The van der Waals surface area contributed by atoms with Crippen LogP contribution in [0.1, 0.15) is 50.2 Å². The number of nitrogens with one attached hydrogen (secondary N) is 1. The number of dihydropyridines is 1. The van der Waals surface area contributed by atoms with Crippen LogP contribution in [0.2, 0.25) is 10.0 Å². The second-order valence-electron chi connectivity index (χ2n) is 8.86. The first-order valence-electron chi connectivity index (χ1n) is 11.6. The molecule has 1 heterocycles. The third-order valence-corrected chi connectivity index (χ3v) is 7.15. The molecule has 0 saturated carbocycles. The molecule has 0 bridgehead atoms. The topological polar surface area (TPSA) is 102 Å². The van der Waals surface area contributed by atoms with Crippen molar-refractivity contribution in [1.82, 2.24) is 5.32 Å². The molecule has 9 heteroatoms. The molecule has 0 saturated heterocycles. The number of hydrogen-bond donors (Lipinski definition) is 2. The zero-order chi connectivity index (χ0) is 27.1. The molecule has 3 aromatic carbocycles. The van der Waals surface area contributed by atoms with Crippen molar-refractivity contribution in [3.63, 3.8) is 0 Å². The van der Waals surface area contributed by atoms with Crippen LogP contribution in [0.15, 0.2) is 77.5 Å². The van der Waals surface area contributed by atoms with Crippen molar-refractivity contribution in [3.05, 3.63) is 115 Å². The molecule has 2 N–H and O–H groups in total. The summed E-state index contributed by atoms with van der Waals surface area (Å²) < 4.78 is 10.9. The summed E-state index contributed by atoms with van der Waals surface area (Å²) in [6, 6.07) is 16.8. The first-order valence-corrected chi connectivity index (χ1v) is 12.3. The number of carbonyl (C=O) groups excluding carboxylic acids is 2. The molecule has 2 aliphatic rings. The van der Waals surface area contributed by atoms with Gasteiger partial charge in [0.05, 0.1) is 34.0 Å². The summed E-state index contributed by atoms with van der Waals surface area (Å²) in [4.78, 5) is 37.5. The number of allylic oxidation sites excluding steroid dienone is 2. The van der Waals surface area contributed by atoms with Gasteiger partial charge in [-0.15, -0.1) is 0 Å². The van der Waals surface area contributed by atoms with E-state index in [0.29, 0.717) is 28.1 Å². The number of ether oxygens (including phenoxy) is 2. The molecule has 1 aliphatic heterocycles. The summed E-state index contributed by atoms with van der Waals surface area (Å²) >= 11 is 13.2. The van der Waals surface area contributed by atoms with Gasteiger partial charge in [-0.2, -0.15) is 0 Å². The molecule has 3 aromatic rings. The van der Waals surface area contributed by atoms with Gasteiger partial charge >= 0.3 is 11.9 Å². The Bertz CT molecular complexity index is 1550. The van der Waals surface area contributed by atoms with Crippen LogP contribution in [-0.2, 0) is 16.1 Å². The zero-order valence-corrected chi connectivity index (χ0v) is 21.8. The lowest BCUT2D eigenvalue weighted by Crippen LogP contribution is -2.29. The molecule has 1 aliphatic carbocycles. The van der Waals surface area contributed by atoms with Gasteiger partial charge in [-0.05, 0) is 42.3 Å². The van der Waals surface area contributed by atoms with E-state index in [1.54, 1.807) is 43.3 Å². The summed E-state index contributed by atoms with van der Waals surface area (Å²) in [5.74, 6) is -2.34. The highest BCUT2D eigenvalue weighted by Gasteiger charge is 2.43. The predicted octanol–water partition coefficient (Wildman–Crippen LogP) is 6.01. The van der Waals surface area contributed by atoms with Crippen LogP contribution in [0.25, 0.3) is 5.70 Å². The Labute approximate surface area is 228 Å². The fourth-order valence-corrected chi connectivity index (χ4v) is 5.44. The van der Waals surface area contributed by atoms with Crippen molar-refractivity contribution in [2.45, 2.75) is 19.4 Å². The van der Waals surface area contributed by atoms with Crippen LogP contribution in [-0.4, -0.2) is 29.9 Å². The smallest absolute Gasteiger partial charge is 0.336 e. The van der Waals surface area contributed by atoms with Crippen molar-refractivity contribution >= 4 is 46.6 Å². The van der Waals surface area contributed by atoms with Crippen molar-refractivity contribution < 1.29 is 29.0 Å². The van der Waals surface area contributed by atoms with E-state index in [2.05, 4.69) is 5.32 Å². The Hall–Kier alpha value is -4.07. The summed E-state index contributed by atoms with van der Waals surface area (Å²) in [6.45, 7) is 1.85. The quantitative estimate of drug-likeness (QED) is 0.363. The van der Waals surface area contributed by atoms with Gasteiger partial charge in [-0.1, -0.05) is 59.6 Å².